The Labute approximate surface area is 318 Å². The summed E-state index contributed by atoms with van der Waals surface area (Å²) in [6.07, 6.45) is 0.139. The Bertz CT molecular complexity index is 2760. The van der Waals surface area contributed by atoms with Gasteiger partial charge in [-0.15, -0.1) is 0 Å². The first kappa shape index (κ1) is 32.7. The Balaban J connectivity index is 1.08. The molecule has 1 nitrogen and oxygen atoms in total. The van der Waals surface area contributed by atoms with Crippen molar-refractivity contribution in [1.29, 1.82) is 0 Å². The smallest absolute Gasteiger partial charge is 0.119 e. The van der Waals surface area contributed by atoms with Crippen LogP contribution in [0.2, 0.25) is 0 Å². The predicted octanol–water partition coefficient (Wildman–Crippen LogP) is 14.4. The summed E-state index contributed by atoms with van der Waals surface area (Å²) in [5, 5.41) is 5.06. The van der Waals surface area contributed by atoms with Crippen LogP contribution < -0.4 is 4.74 Å². The lowest BCUT2D eigenvalue weighted by molar-refractivity contribution is 0.242. The fourth-order valence-electron chi connectivity index (χ4n) is 9.68. The highest BCUT2D eigenvalue weighted by Gasteiger charge is 2.37. The third-order valence-corrected chi connectivity index (χ3v) is 12.3. The van der Waals surface area contributed by atoms with Gasteiger partial charge in [-0.25, -0.2) is 0 Å². The zero-order chi connectivity index (χ0) is 36.9. The average molecular weight is 697 g/mol. The van der Waals surface area contributed by atoms with Crippen LogP contribution in [0.25, 0.3) is 77.2 Å². The summed E-state index contributed by atoms with van der Waals surface area (Å²) >= 11 is 0. The Kier molecular flexibility index (Phi) is 7.14. The fourth-order valence-corrected chi connectivity index (χ4v) is 9.68. The van der Waals surface area contributed by atoms with Crippen LogP contribution in [-0.4, -0.2) is 6.10 Å². The molecule has 0 radical (unpaired) electrons. The molecule has 0 spiro atoms. The van der Waals surface area contributed by atoms with Crippen molar-refractivity contribution < 1.29 is 4.74 Å². The Hall–Kier alpha value is -5.92. The van der Waals surface area contributed by atoms with Gasteiger partial charge in [0.15, 0.2) is 0 Å². The summed E-state index contributed by atoms with van der Waals surface area (Å²) in [6, 6.07) is 56.8. The van der Waals surface area contributed by atoms with E-state index in [1.54, 1.807) is 0 Å². The summed E-state index contributed by atoms with van der Waals surface area (Å²) in [4.78, 5) is 0. The molecule has 0 atom stereocenters. The summed E-state index contributed by atoms with van der Waals surface area (Å²) in [5.41, 5.74) is 18.4. The minimum absolute atomic E-state index is 0.0236. The number of hydrogen-bond acceptors (Lipinski definition) is 1. The third-order valence-electron chi connectivity index (χ3n) is 12.3. The minimum Gasteiger partial charge on any atom is -0.491 e. The van der Waals surface area contributed by atoms with E-state index in [4.69, 9.17) is 4.74 Å². The highest BCUT2D eigenvalue weighted by atomic mass is 16.5. The first-order valence-corrected chi connectivity index (χ1v) is 19.4. The zero-order valence-electron chi connectivity index (χ0n) is 31.9. The quantitative estimate of drug-likeness (QED) is 0.163. The molecule has 0 aromatic heterocycles. The van der Waals surface area contributed by atoms with Crippen molar-refractivity contribution in [2.75, 3.05) is 0 Å². The predicted molar refractivity (Wildman–Crippen MR) is 229 cm³/mol. The molecule has 0 fully saturated rings. The topological polar surface area (TPSA) is 9.23 Å². The summed E-state index contributed by atoms with van der Waals surface area (Å²) in [7, 11) is 0. The highest BCUT2D eigenvalue weighted by Crippen LogP contribution is 2.53. The summed E-state index contributed by atoms with van der Waals surface area (Å²) < 4.78 is 6.00. The third kappa shape index (κ3) is 4.77. The molecule has 262 valence electrons. The van der Waals surface area contributed by atoms with Gasteiger partial charge in [-0.3, -0.25) is 0 Å². The highest BCUT2D eigenvalue weighted by molar-refractivity contribution is 6.21. The minimum atomic E-state index is -0.158. The molecular weight excluding hydrogens is 653 g/mol. The average Bonchev–Trinajstić information content (AvgIpc) is 3.55. The standard InChI is InChI=1S/C53H44O/c1-32(2)54-37-24-19-33(20-25-37)50-42-14-7-9-16-44(42)51(45-17-10-8-15-43(45)50)36-23-28-41-40-27-22-35(30-48(40)53(5,6)49(41)31-36)34-21-26-39-38-13-11-12-18-46(38)52(3,4)47(39)29-34/h7-32H,1-6H3. The van der Waals surface area contributed by atoms with Gasteiger partial charge in [0.25, 0.3) is 0 Å². The molecule has 0 unspecified atom stereocenters. The summed E-state index contributed by atoms with van der Waals surface area (Å²) in [5.74, 6) is 0.898. The lowest BCUT2D eigenvalue weighted by Gasteiger charge is -2.24. The largest absolute Gasteiger partial charge is 0.491 e. The van der Waals surface area contributed by atoms with E-state index < -0.39 is 0 Å². The molecule has 8 aromatic carbocycles. The zero-order valence-corrected chi connectivity index (χ0v) is 31.9. The molecule has 0 bridgehead atoms. The van der Waals surface area contributed by atoms with Crippen molar-refractivity contribution >= 4 is 21.5 Å². The SMILES string of the molecule is CC(C)Oc1ccc(-c2c3ccccc3c(-c3ccc4c(c3)C(C)(C)c3cc(-c5ccc6c(c5)C(C)(C)c5ccccc5-6)ccc3-4)c3ccccc23)cc1. The van der Waals surface area contributed by atoms with E-state index in [2.05, 4.69) is 193 Å². The number of ether oxygens (including phenoxy) is 1. The molecule has 0 saturated heterocycles. The second-order valence-corrected chi connectivity index (χ2v) is 16.6. The summed E-state index contributed by atoms with van der Waals surface area (Å²) in [6.45, 7) is 13.7. The maximum absolute atomic E-state index is 6.00. The van der Waals surface area contributed by atoms with Crippen molar-refractivity contribution in [3.63, 3.8) is 0 Å². The van der Waals surface area contributed by atoms with Gasteiger partial charge in [0.2, 0.25) is 0 Å². The van der Waals surface area contributed by atoms with Gasteiger partial charge < -0.3 is 4.74 Å². The molecule has 10 rings (SSSR count). The van der Waals surface area contributed by atoms with Crippen molar-refractivity contribution in [3.8, 4) is 61.4 Å². The van der Waals surface area contributed by atoms with Crippen molar-refractivity contribution in [3.05, 3.63) is 174 Å². The first-order valence-electron chi connectivity index (χ1n) is 19.4. The van der Waals surface area contributed by atoms with Gasteiger partial charge in [0, 0.05) is 10.8 Å². The first-order chi connectivity index (χ1) is 26.1. The van der Waals surface area contributed by atoms with Gasteiger partial charge in [-0.2, -0.15) is 0 Å². The van der Waals surface area contributed by atoms with Crippen molar-refractivity contribution in [2.24, 2.45) is 0 Å². The van der Waals surface area contributed by atoms with Crippen molar-refractivity contribution in [2.45, 2.75) is 58.5 Å². The van der Waals surface area contributed by atoms with E-state index in [1.807, 2.05) is 0 Å². The molecule has 2 aliphatic carbocycles. The van der Waals surface area contributed by atoms with Gasteiger partial charge >= 0.3 is 0 Å². The Morgan fingerprint density at radius 2 is 0.741 bits per heavy atom. The van der Waals surface area contributed by atoms with Gasteiger partial charge in [0.05, 0.1) is 6.10 Å². The number of hydrogen-bond donors (Lipinski definition) is 0. The molecule has 0 saturated carbocycles. The number of benzene rings is 8. The molecule has 0 N–H and O–H groups in total. The van der Waals surface area contributed by atoms with E-state index in [0.717, 1.165) is 5.75 Å². The van der Waals surface area contributed by atoms with Crippen LogP contribution in [0, 0.1) is 0 Å². The molecule has 0 heterocycles. The van der Waals surface area contributed by atoms with E-state index in [-0.39, 0.29) is 16.9 Å². The number of rotatable bonds is 5. The second-order valence-electron chi connectivity index (χ2n) is 16.6. The fraction of sp³-hybridized carbons (Fsp3) is 0.170. The molecule has 0 amide bonds. The molecule has 2 aliphatic rings. The van der Waals surface area contributed by atoms with Crippen molar-refractivity contribution in [1.82, 2.24) is 0 Å². The van der Waals surface area contributed by atoms with E-state index >= 15 is 0 Å². The molecule has 54 heavy (non-hydrogen) atoms. The van der Waals surface area contributed by atoms with Crippen LogP contribution >= 0.6 is 0 Å². The van der Waals surface area contributed by atoms with E-state index in [9.17, 15) is 0 Å². The van der Waals surface area contributed by atoms with E-state index in [0.29, 0.717) is 0 Å². The monoisotopic (exact) mass is 696 g/mol. The molecular formula is C53H44O. The second kappa shape index (κ2) is 11.8. The molecule has 0 aliphatic heterocycles. The normalized spacial score (nSPS) is 14.6. The lowest BCUT2D eigenvalue weighted by Crippen LogP contribution is -2.15. The van der Waals surface area contributed by atoms with Crippen LogP contribution in [0.1, 0.15) is 63.8 Å². The maximum atomic E-state index is 6.00. The molecule has 1 heteroatoms. The van der Waals surface area contributed by atoms with Gasteiger partial charge in [-0.05, 0) is 144 Å². The Morgan fingerprint density at radius 3 is 1.24 bits per heavy atom. The van der Waals surface area contributed by atoms with E-state index in [1.165, 1.54) is 99.4 Å². The van der Waals surface area contributed by atoms with Crippen LogP contribution in [-0.2, 0) is 10.8 Å². The Morgan fingerprint density at radius 1 is 0.370 bits per heavy atom. The van der Waals surface area contributed by atoms with Crippen LogP contribution in [0.15, 0.2) is 152 Å². The van der Waals surface area contributed by atoms with Crippen LogP contribution in [0.4, 0.5) is 0 Å². The maximum Gasteiger partial charge on any atom is 0.119 e. The molecule has 8 aromatic rings. The van der Waals surface area contributed by atoms with Gasteiger partial charge in [-0.1, -0.05) is 149 Å². The lowest BCUT2D eigenvalue weighted by atomic mass is 9.79. The van der Waals surface area contributed by atoms with Crippen LogP contribution in [0.5, 0.6) is 5.75 Å². The van der Waals surface area contributed by atoms with Crippen LogP contribution in [0.3, 0.4) is 0 Å². The number of fused-ring (bicyclic) bond motifs is 8. The van der Waals surface area contributed by atoms with Gasteiger partial charge in [0.1, 0.15) is 5.75 Å².